The molecule has 0 saturated heterocycles. The van der Waals surface area contributed by atoms with Crippen molar-refractivity contribution in [3.63, 3.8) is 0 Å². The van der Waals surface area contributed by atoms with Crippen LogP contribution in [0.25, 0.3) is 0 Å². The van der Waals surface area contributed by atoms with Gasteiger partial charge in [0.1, 0.15) is 11.6 Å². The summed E-state index contributed by atoms with van der Waals surface area (Å²) in [5, 5.41) is 0. The highest BCUT2D eigenvalue weighted by Crippen LogP contribution is 2.32. The molecule has 0 fully saturated rings. The molecule has 0 aromatic heterocycles. The third kappa shape index (κ3) is 3.95. The minimum Gasteiger partial charge on any atom is -0.490 e. The maximum atomic E-state index is 13.8. The Morgan fingerprint density at radius 1 is 1.15 bits per heavy atom. The van der Waals surface area contributed by atoms with Gasteiger partial charge in [-0.05, 0) is 38.0 Å². The molecule has 26 heavy (non-hydrogen) atoms. The van der Waals surface area contributed by atoms with E-state index in [2.05, 4.69) is 0 Å². The van der Waals surface area contributed by atoms with E-state index in [4.69, 9.17) is 9.47 Å². The summed E-state index contributed by atoms with van der Waals surface area (Å²) in [4.78, 5) is 13.9. The molecule has 6 heteroatoms. The third-order valence-corrected chi connectivity index (χ3v) is 4.26. The minimum atomic E-state index is -0.670. The highest BCUT2D eigenvalue weighted by molar-refractivity contribution is 5.95. The van der Waals surface area contributed by atoms with Crippen molar-refractivity contribution in [1.29, 1.82) is 0 Å². The van der Waals surface area contributed by atoms with Crippen molar-refractivity contribution >= 4 is 11.6 Å². The van der Waals surface area contributed by atoms with Gasteiger partial charge in [0.2, 0.25) is 5.91 Å². The summed E-state index contributed by atoms with van der Waals surface area (Å²) in [6.45, 7) is 3.17. The van der Waals surface area contributed by atoms with E-state index in [0.717, 1.165) is 6.07 Å². The van der Waals surface area contributed by atoms with Crippen LogP contribution in [-0.4, -0.2) is 25.7 Å². The maximum absolute atomic E-state index is 13.8. The molecule has 0 saturated carbocycles. The second-order valence-corrected chi connectivity index (χ2v) is 6.01. The van der Waals surface area contributed by atoms with Crippen molar-refractivity contribution in [2.75, 3.05) is 24.7 Å². The van der Waals surface area contributed by atoms with Crippen molar-refractivity contribution < 1.29 is 23.0 Å². The zero-order valence-corrected chi connectivity index (χ0v) is 14.6. The first-order valence-electron chi connectivity index (χ1n) is 8.73. The van der Waals surface area contributed by atoms with Gasteiger partial charge < -0.3 is 14.4 Å². The molecular formula is C20H21F2NO3. The van der Waals surface area contributed by atoms with Crippen LogP contribution in [0.4, 0.5) is 14.5 Å². The maximum Gasteiger partial charge on any atom is 0.227 e. The van der Waals surface area contributed by atoms with Gasteiger partial charge in [-0.25, -0.2) is 8.78 Å². The molecule has 2 aromatic rings. The molecule has 1 aliphatic heterocycles. The number of benzene rings is 2. The zero-order valence-electron chi connectivity index (χ0n) is 14.6. The van der Waals surface area contributed by atoms with Crippen molar-refractivity contribution in [2.45, 2.75) is 26.2 Å². The number of ether oxygens (including phenoxy) is 2. The number of anilines is 1. The fourth-order valence-electron chi connectivity index (χ4n) is 3.07. The van der Waals surface area contributed by atoms with Crippen molar-refractivity contribution in [3.05, 3.63) is 53.6 Å². The van der Waals surface area contributed by atoms with E-state index in [1.165, 1.54) is 11.0 Å². The number of para-hydroxylation sites is 2. The number of amides is 1. The predicted molar refractivity (Wildman–Crippen MR) is 94.8 cm³/mol. The highest BCUT2D eigenvalue weighted by Gasteiger charge is 2.27. The Bertz CT molecular complexity index is 795. The van der Waals surface area contributed by atoms with Crippen LogP contribution in [0.3, 0.4) is 0 Å². The fraction of sp³-hybridized carbons (Fsp3) is 0.350. The second kappa shape index (κ2) is 8.17. The van der Waals surface area contributed by atoms with E-state index in [1.807, 2.05) is 31.2 Å². The standard InChI is InChI=1S/C20H21F2NO3/c1-2-25-18-6-3-4-7-19(18)26-11-5-8-20(24)23-10-9-15-16(22)12-14(21)13-17(15)23/h3-4,6-7,12-13H,2,5,8-11H2,1H3. The Balaban J connectivity index is 1.54. The van der Waals surface area contributed by atoms with Crippen LogP contribution in [0.15, 0.2) is 36.4 Å². The molecule has 1 aliphatic rings. The molecule has 3 rings (SSSR count). The van der Waals surface area contributed by atoms with E-state index in [9.17, 15) is 13.6 Å². The number of hydrogen-bond donors (Lipinski definition) is 0. The summed E-state index contributed by atoms with van der Waals surface area (Å²) in [5.74, 6) is -0.114. The Morgan fingerprint density at radius 2 is 1.88 bits per heavy atom. The van der Waals surface area contributed by atoms with Gasteiger partial charge in [0.25, 0.3) is 0 Å². The van der Waals surface area contributed by atoms with Gasteiger partial charge in [-0.1, -0.05) is 12.1 Å². The molecule has 2 aromatic carbocycles. The molecule has 0 N–H and O–H groups in total. The second-order valence-electron chi connectivity index (χ2n) is 6.01. The Kier molecular flexibility index (Phi) is 5.71. The quantitative estimate of drug-likeness (QED) is 0.697. The number of rotatable bonds is 7. The first-order valence-corrected chi connectivity index (χ1v) is 8.73. The molecule has 0 unspecified atom stereocenters. The molecule has 0 aliphatic carbocycles. The molecule has 0 atom stereocenters. The summed E-state index contributed by atoms with van der Waals surface area (Å²) in [5.41, 5.74) is 0.747. The Hall–Kier alpha value is -2.63. The molecular weight excluding hydrogens is 340 g/mol. The van der Waals surface area contributed by atoms with Crippen LogP contribution in [0.1, 0.15) is 25.3 Å². The van der Waals surface area contributed by atoms with E-state index in [-0.39, 0.29) is 12.3 Å². The molecule has 0 radical (unpaired) electrons. The molecule has 138 valence electrons. The van der Waals surface area contributed by atoms with E-state index >= 15 is 0 Å². The third-order valence-electron chi connectivity index (χ3n) is 4.26. The van der Waals surface area contributed by atoms with Crippen molar-refractivity contribution in [3.8, 4) is 11.5 Å². The SMILES string of the molecule is CCOc1ccccc1OCCCC(=O)N1CCc2c(F)cc(F)cc21. The van der Waals surface area contributed by atoms with E-state index < -0.39 is 11.6 Å². The van der Waals surface area contributed by atoms with Gasteiger partial charge >= 0.3 is 0 Å². The van der Waals surface area contributed by atoms with Crippen molar-refractivity contribution in [1.82, 2.24) is 0 Å². The lowest BCUT2D eigenvalue weighted by molar-refractivity contribution is -0.118. The lowest BCUT2D eigenvalue weighted by atomic mass is 10.1. The summed E-state index contributed by atoms with van der Waals surface area (Å²) < 4.78 is 38.4. The largest absolute Gasteiger partial charge is 0.490 e. The first kappa shape index (κ1) is 18.2. The number of halogens is 2. The highest BCUT2D eigenvalue weighted by atomic mass is 19.1. The smallest absolute Gasteiger partial charge is 0.227 e. The predicted octanol–water partition coefficient (Wildman–Crippen LogP) is 4.11. The van der Waals surface area contributed by atoms with E-state index in [1.54, 1.807) is 0 Å². The summed E-state index contributed by atoms with van der Waals surface area (Å²) in [6, 6.07) is 9.44. The van der Waals surface area contributed by atoms with Crippen molar-refractivity contribution in [2.24, 2.45) is 0 Å². The van der Waals surface area contributed by atoms with Crippen LogP contribution in [0.5, 0.6) is 11.5 Å². The molecule has 4 nitrogen and oxygen atoms in total. The molecule has 0 bridgehead atoms. The zero-order chi connectivity index (χ0) is 18.5. The average molecular weight is 361 g/mol. The normalized spacial score (nSPS) is 12.8. The molecule has 0 spiro atoms. The summed E-state index contributed by atoms with van der Waals surface area (Å²) in [6.07, 6.45) is 1.16. The lowest BCUT2D eigenvalue weighted by Crippen LogP contribution is -2.29. The van der Waals surface area contributed by atoms with Crippen LogP contribution < -0.4 is 14.4 Å². The van der Waals surface area contributed by atoms with Gasteiger partial charge in [0.05, 0.1) is 18.9 Å². The number of carbonyl (C=O) groups is 1. The van der Waals surface area contributed by atoms with Crippen LogP contribution >= 0.6 is 0 Å². The summed E-state index contributed by atoms with van der Waals surface area (Å²) in [7, 11) is 0. The van der Waals surface area contributed by atoms with Crippen LogP contribution in [0, 0.1) is 11.6 Å². The lowest BCUT2D eigenvalue weighted by Gasteiger charge is -2.17. The Morgan fingerprint density at radius 3 is 2.62 bits per heavy atom. The van der Waals surface area contributed by atoms with Gasteiger partial charge in [-0.3, -0.25) is 4.79 Å². The minimum absolute atomic E-state index is 0.157. The summed E-state index contributed by atoms with van der Waals surface area (Å²) >= 11 is 0. The number of carbonyl (C=O) groups excluding carboxylic acids is 1. The fourth-order valence-corrected chi connectivity index (χ4v) is 3.07. The van der Waals surface area contributed by atoms with Gasteiger partial charge in [-0.2, -0.15) is 0 Å². The Labute approximate surface area is 151 Å². The van der Waals surface area contributed by atoms with Gasteiger partial charge in [-0.15, -0.1) is 0 Å². The van der Waals surface area contributed by atoms with E-state index in [0.29, 0.717) is 55.4 Å². The van der Waals surface area contributed by atoms with Crippen LogP contribution in [0.2, 0.25) is 0 Å². The van der Waals surface area contributed by atoms with Gasteiger partial charge in [0, 0.05) is 24.6 Å². The van der Waals surface area contributed by atoms with Crippen LogP contribution in [-0.2, 0) is 11.2 Å². The van der Waals surface area contributed by atoms with Gasteiger partial charge in [0.15, 0.2) is 11.5 Å². The number of nitrogens with zero attached hydrogens (tertiary/aromatic N) is 1. The first-order chi connectivity index (χ1) is 12.6. The average Bonchev–Trinajstić information content (AvgIpc) is 3.04. The monoisotopic (exact) mass is 361 g/mol. The molecule has 1 heterocycles. The topological polar surface area (TPSA) is 38.8 Å². The number of hydrogen-bond acceptors (Lipinski definition) is 3. The molecule has 1 amide bonds. The number of fused-ring (bicyclic) bond motifs is 1.